The molecule has 0 fully saturated rings. The Morgan fingerprint density at radius 1 is 1.44 bits per heavy atom. The normalized spacial score (nSPS) is 10.9. The van der Waals surface area contributed by atoms with Gasteiger partial charge in [0.2, 0.25) is 0 Å². The number of carbonyl (C=O) groups excluding carboxylic acids is 1. The molecule has 0 spiro atoms. The third kappa shape index (κ3) is 6.47. The summed E-state index contributed by atoms with van der Waals surface area (Å²) in [6, 6.07) is 1.65. The summed E-state index contributed by atoms with van der Waals surface area (Å²) >= 11 is 0. The van der Waals surface area contributed by atoms with Crippen LogP contribution in [0.15, 0.2) is 11.8 Å². The van der Waals surface area contributed by atoms with Crippen molar-refractivity contribution in [1.82, 2.24) is 10.6 Å². The summed E-state index contributed by atoms with van der Waals surface area (Å²) in [5.41, 5.74) is -0.234. The predicted molar refractivity (Wildman–Crippen MR) is 60.2 cm³/mol. The van der Waals surface area contributed by atoms with E-state index in [9.17, 15) is 9.59 Å². The number of carboxylic acid groups (broad SMARTS) is 1. The number of methoxy groups -OCH3 is 2. The van der Waals surface area contributed by atoms with E-state index in [0.717, 1.165) is 0 Å². The zero-order chi connectivity index (χ0) is 14.0. The summed E-state index contributed by atoms with van der Waals surface area (Å²) in [4.78, 5) is 21.6. The molecule has 0 saturated heterocycles. The fourth-order valence-corrected chi connectivity index (χ4v) is 0.920. The third-order valence-corrected chi connectivity index (χ3v) is 1.82. The second-order valence-corrected chi connectivity index (χ2v) is 3.06. The minimum absolute atomic E-state index is 0.234. The number of nitriles is 1. The lowest BCUT2D eigenvalue weighted by Gasteiger charge is -2.12. The van der Waals surface area contributed by atoms with Gasteiger partial charge in [-0.05, 0) is 0 Å². The molecule has 0 aliphatic heterocycles. The first-order valence-electron chi connectivity index (χ1n) is 4.94. The number of nitrogens with one attached hydrogen (secondary N) is 2. The molecule has 8 heteroatoms. The van der Waals surface area contributed by atoms with Gasteiger partial charge in [0.25, 0.3) is 5.91 Å². The second kappa shape index (κ2) is 8.98. The van der Waals surface area contributed by atoms with Gasteiger partial charge in [-0.2, -0.15) is 5.26 Å². The number of hydrogen-bond donors (Lipinski definition) is 3. The molecule has 8 nitrogen and oxygen atoms in total. The molecule has 100 valence electrons. The van der Waals surface area contributed by atoms with Gasteiger partial charge in [0.1, 0.15) is 18.2 Å². The van der Waals surface area contributed by atoms with Crippen LogP contribution in [0, 0.1) is 11.3 Å². The molecule has 18 heavy (non-hydrogen) atoms. The Balaban J connectivity index is 4.27. The molecule has 0 heterocycles. The molecule has 0 aliphatic rings. The van der Waals surface area contributed by atoms with Gasteiger partial charge >= 0.3 is 5.97 Å². The first kappa shape index (κ1) is 15.9. The van der Waals surface area contributed by atoms with Crippen molar-refractivity contribution in [3.63, 3.8) is 0 Å². The summed E-state index contributed by atoms with van der Waals surface area (Å²) in [6.07, 6.45) is 0.658. The lowest BCUT2D eigenvalue weighted by Crippen LogP contribution is -2.32. The molecule has 3 N–H and O–H groups in total. The number of carboxylic acids is 1. The minimum atomic E-state index is -1.19. The Hall–Kier alpha value is -2.11. The van der Waals surface area contributed by atoms with E-state index in [-0.39, 0.29) is 12.1 Å². The first-order valence-corrected chi connectivity index (χ1v) is 4.94. The highest BCUT2D eigenvalue weighted by Crippen LogP contribution is 1.92. The van der Waals surface area contributed by atoms with Gasteiger partial charge in [0.05, 0.1) is 6.54 Å². The fourth-order valence-electron chi connectivity index (χ4n) is 0.920. The van der Waals surface area contributed by atoms with Gasteiger partial charge in [-0.1, -0.05) is 0 Å². The van der Waals surface area contributed by atoms with E-state index in [1.54, 1.807) is 6.07 Å². The monoisotopic (exact) mass is 257 g/mol. The lowest BCUT2D eigenvalue weighted by atomic mass is 10.3. The predicted octanol–water partition coefficient (Wildman–Crippen LogP) is -1.20. The molecule has 0 saturated carbocycles. The van der Waals surface area contributed by atoms with Gasteiger partial charge in [0, 0.05) is 20.4 Å². The van der Waals surface area contributed by atoms with Crippen LogP contribution in [0.5, 0.6) is 0 Å². The summed E-state index contributed by atoms with van der Waals surface area (Å²) in [7, 11) is 2.90. The Kier molecular flexibility index (Phi) is 7.92. The quantitative estimate of drug-likeness (QED) is 0.284. The van der Waals surface area contributed by atoms with E-state index in [0.29, 0.717) is 0 Å². The van der Waals surface area contributed by atoms with Gasteiger partial charge < -0.3 is 25.2 Å². The first-order chi connectivity index (χ1) is 8.54. The van der Waals surface area contributed by atoms with Crippen molar-refractivity contribution in [2.75, 3.05) is 27.3 Å². The third-order valence-electron chi connectivity index (χ3n) is 1.82. The van der Waals surface area contributed by atoms with E-state index in [1.165, 1.54) is 20.4 Å². The zero-order valence-corrected chi connectivity index (χ0v) is 10.1. The molecule has 0 radical (unpaired) electrons. The maximum atomic E-state index is 11.3. The summed E-state index contributed by atoms with van der Waals surface area (Å²) in [5.74, 6) is -1.95. The van der Waals surface area contributed by atoms with Crippen LogP contribution in [-0.4, -0.2) is 50.6 Å². The molecular weight excluding hydrogens is 242 g/mol. The summed E-state index contributed by atoms with van der Waals surface area (Å²) in [5, 5.41) is 21.8. The van der Waals surface area contributed by atoms with Crippen LogP contribution in [0.25, 0.3) is 0 Å². The number of aliphatic carboxylic acids is 1. The fraction of sp³-hybridized carbons (Fsp3) is 0.500. The number of hydrogen-bond acceptors (Lipinski definition) is 6. The summed E-state index contributed by atoms with van der Waals surface area (Å²) < 4.78 is 9.76. The maximum Gasteiger partial charge on any atom is 0.322 e. The van der Waals surface area contributed by atoms with E-state index in [1.807, 2.05) is 0 Å². The average molecular weight is 257 g/mol. The Morgan fingerprint density at radius 2 is 2.06 bits per heavy atom. The van der Waals surface area contributed by atoms with Crippen LogP contribution in [0.1, 0.15) is 0 Å². The molecule has 0 aromatic heterocycles. The van der Waals surface area contributed by atoms with Crippen molar-refractivity contribution in [2.24, 2.45) is 0 Å². The van der Waals surface area contributed by atoms with Crippen LogP contribution in [0.2, 0.25) is 0 Å². The largest absolute Gasteiger partial charge is 0.480 e. The van der Waals surface area contributed by atoms with Crippen molar-refractivity contribution in [3.05, 3.63) is 11.8 Å². The van der Waals surface area contributed by atoms with Crippen LogP contribution in [0.4, 0.5) is 0 Å². The highest BCUT2D eigenvalue weighted by Gasteiger charge is 2.10. The lowest BCUT2D eigenvalue weighted by molar-refractivity contribution is -0.137. The standard InChI is InChI=1S/C10H15N3O5/c1-17-9(18-2)6-12-4-7(3-11)10(16)13-5-8(14)15/h4,9,12H,5-6H2,1-2H3,(H,13,16)(H,14,15)/b7-4-. The Bertz CT molecular complexity index is 357. The van der Waals surface area contributed by atoms with Crippen molar-refractivity contribution in [3.8, 4) is 6.07 Å². The van der Waals surface area contributed by atoms with E-state index in [4.69, 9.17) is 19.8 Å². The number of rotatable bonds is 8. The number of nitrogens with zero attached hydrogens (tertiary/aromatic N) is 1. The van der Waals surface area contributed by atoms with Crippen LogP contribution >= 0.6 is 0 Å². The Labute approximate surface area is 104 Å². The average Bonchev–Trinajstić information content (AvgIpc) is 2.36. The van der Waals surface area contributed by atoms with Crippen molar-refractivity contribution < 1.29 is 24.2 Å². The van der Waals surface area contributed by atoms with Crippen LogP contribution in [0.3, 0.4) is 0 Å². The zero-order valence-electron chi connectivity index (χ0n) is 10.1. The maximum absolute atomic E-state index is 11.3. The molecule has 0 aromatic rings. The number of amides is 1. The van der Waals surface area contributed by atoms with Crippen molar-refractivity contribution in [1.29, 1.82) is 5.26 Å². The van der Waals surface area contributed by atoms with Gasteiger partial charge in [0.15, 0.2) is 6.29 Å². The van der Waals surface area contributed by atoms with Gasteiger partial charge in [-0.25, -0.2) is 0 Å². The molecule has 0 aromatic carbocycles. The molecule has 1 amide bonds. The molecule has 0 bridgehead atoms. The highest BCUT2D eigenvalue weighted by atomic mass is 16.7. The van der Waals surface area contributed by atoms with Gasteiger partial charge in [-0.15, -0.1) is 0 Å². The minimum Gasteiger partial charge on any atom is -0.480 e. The molecule has 0 rings (SSSR count). The molecule has 0 unspecified atom stereocenters. The highest BCUT2D eigenvalue weighted by molar-refractivity contribution is 5.98. The van der Waals surface area contributed by atoms with Crippen LogP contribution < -0.4 is 10.6 Å². The number of carbonyl (C=O) groups is 2. The van der Waals surface area contributed by atoms with E-state index >= 15 is 0 Å². The second-order valence-electron chi connectivity index (χ2n) is 3.06. The molecule has 0 aliphatic carbocycles. The van der Waals surface area contributed by atoms with Crippen LogP contribution in [-0.2, 0) is 19.1 Å². The topological polar surface area (TPSA) is 121 Å². The Morgan fingerprint density at radius 3 is 2.50 bits per heavy atom. The number of ether oxygens (including phenoxy) is 2. The molecule has 0 atom stereocenters. The SMILES string of the molecule is COC(CN/C=C(/C#N)C(=O)NCC(=O)O)OC. The van der Waals surface area contributed by atoms with Crippen molar-refractivity contribution in [2.45, 2.75) is 6.29 Å². The van der Waals surface area contributed by atoms with E-state index in [2.05, 4.69) is 10.6 Å². The van der Waals surface area contributed by atoms with E-state index < -0.39 is 24.7 Å². The summed E-state index contributed by atoms with van der Waals surface area (Å²) in [6.45, 7) is -0.305. The smallest absolute Gasteiger partial charge is 0.322 e. The van der Waals surface area contributed by atoms with Crippen molar-refractivity contribution >= 4 is 11.9 Å². The van der Waals surface area contributed by atoms with Gasteiger partial charge in [-0.3, -0.25) is 9.59 Å². The molecular formula is C10H15N3O5.